The molecule has 0 radical (unpaired) electrons. The van der Waals surface area contributed by atoms with Crippen LogP contribution in [0, 0.1) is 6.92 Å². The van der Waals surface area contributed by atoms with Crippen molar-refractivity contribution in [2.45, 2.75) is 43.0 Å². The van der Waals surface area contributed by atoms with E-state index in [-0.39, 0.29) is 10.8 Å². The van der Waals surface area contributed by atoms with Crippen LogP contribution in [0.3, 0.4) is 0 Å². The van der Waals surface area contributed by atoms with Crippen molar-refractivity contribution in [3.63, 3.8) is 0 Å². The summed E-state index contributed by atoms with van der Waals surface area (Å²) in [4.78, 5) is 14.7. The molecule has 0 N–H and O–H groups in total. The number of ether oxygens (including phenoxy) is 1. The quantitative estimate of drug-likeness (QED) is 0.832. The molecular weight excluding hydrogens is 328 g/mol. The Labute approximate surface area is 143 Å². The maximum absolute atomic E-state index is 13.4. The summed E-state index contributed by atoms with van der Waals surface area (Å²) in [5.74, 6) is 0.237. The number of hydrogen-bond acceptors (Lipinski definition) is 4. The highest BCUT2D eigenvalue weighted by Gasteiger charge is 2.55. The minimum Gasteiger partial charge on any atom is -0.495 e. The standard InChI is InChI=1S/C17H24N2O4S/c1-13-6-7-14(23-3)15(12-13)24(21,22)19-11-5-9-17(19)8-4-10-18(2)16(17)20/h6-7,12H,4-5,8-11H2,1-3H3. The van der Waals surface area contributed by atoms with Crippen molar-refractivity contribution in [2.75, 3.05) is 27.2 Å². The number of nitrogens with zero attached hydrogens (tertiary/aromatic N) is 2. The first-order valence-electron chi connectivity index (χ1n) is 8.26. The molecule has 6 nitrogen and oxygen atoms in total. The second-order valence-corrected chi connectivity index (χ2v) is 8.53. The molecule has 1 unspecified atom stereocenters. The predicted molar refractivity (Wildman–Crippen MR) is 90.5 cm³/mol. The Balaban J connectivity index is 2.10. The Morgan fingerprint density at radius 3 is 2.50 bits per heavy atom. The average Bonchev–Trinajstić information content (AvgIpc) is 2.98. The first-order valence-corrected chi connectivity index (χ1v) is 9.70. The normalized spacial score (nSPS) is 25.5. The van der Waals surface area contributed by atoms with Gasteiger partial charge in [0.05, 0.1) is 7.11 Å². The van der Waals surface area contributed by atoms with Crippen LogP contribution < -0.4 is 4.74 Å². The van der Waals surface area contributed by atoms with E-state index in [2.05, 4.69) is 0 Å². The number of aryl methyl sites for hydroxylation is 1. The molecule has 132 valence electrons. The van der Waals surface area contributed by atoms with Crippen LogP contribution in [-0.2, 0) is 14.8 Å². The highest BCUT2D eigenvalue weighted by Crippen LogP contribution is 2.42. The monoisotopic (exact) mass is 352 g/mol. The van der Waals surface area contributed by atoms with Gasteiger partial charge >= 0.3 is 0 Å². The highest BCUT2D eigenvalue weighted by atomic mass is 32.2. The van der Waals surface area contributed by atoms with Gasteiger partial charge in [-0.05, 0) is 50.3 Å². The van der Waals surface area contributed by atoms with E-state index >= 15 is 0 Å². The van der Waals surface area contributed by atoms with Gasteiger partial charge in [0.2, 0.25) is 15.9 Å². The lowest BCUT2D eigenvalue weighted by atomic mass is 9.87. The first-order chi connectivity index (χ1) is 11.3. The third kappa shape index (κ3) is 2.50. The smallest absolute Gasteiger partial charge is 0.247 e. The molecule has 7 heteroatoms. The van der Waals surface area contributed by atoms with E-state index in [4.69, 9.17) is 4.74 Å². The van der Waals surface area contributed by atoms with E-state index in [1.165, 1.54) is 11.4 Å². The number of likely N-dealkylation sites (tertiary alicyclic amines) is 1. The van der Waals surface area contributed by atoms with Crippen molar-refractivity contribution in [1.82, 2.24) is 9.21 Å². The van der Waals surface area contributed by atoms with Gasteiger partial charge < -0.3 is 9.64 Å². The molecule has 1 aromatic carbocycles. The molecular formula is C17H24N2O4S. The number of sulfonamides is 1. The Morgan fingerprint density at radius 2 is 1.83 bits per heavy atom. The van der Waals surface area contributed by atoms with E-state index in [9.17, 15) is 13.2 Å². The van der Waals surface area contributed by atoms with Gasteiger partial charge in [0.15, 0.2) is 0 Å². The number of carbonyl (C=O) groups is 1. The van der Waals surface area contributed by atoms with Crippen LogP contribution in [0.4, 0.5) is 0 Å². The SMILES string of the molecule is COc1ccc(C)cc1S(=O)(=O)N1CCCC12CCCN(C)C2=O. The minimum atomic E-state index is -3.81. The molecule has 2 aliphatic heterocycles. The second kappa shape index (κ2) is 6.04. The number of carbonyl (C=O) groups excluding carboxylic acids is 1. The molecule has 1 spiro atoms. The summed E-state index contributed by atoms with van der Waals surface area (Å²) in [6.07, 6.45) is 2.69. The summed E-state index contributed by atoms with van der Waals surface area (Å²) in [5, 5.41) is 0. The lowest BCUT2D eigenvalue weighted by Crippen LogP contribution is -2.60. The average molecular weight is 352 g/mol. The summed E-state index contributed by atoms with van der Waals surface area (Å²) < 4.78 is 33.4. The zero-order valence-corrected chi connectivity index (χ0v) is 15.2. The third-order valence-corrected chi connectivity index (χ3v) is 7.13. The lowest BCUT2D eigenvalue weighted by Gasteiger charge is -2.42. The van der Waals surface area contributed by atoms with Crippen LogP contribution in [0.1, 0.15) is 31.2 Å². The van der Waals surface area contributed by atoms with E-state index in [1.54, 1.807) is 24.1 Å². The van der Waals surface area contributed by atoms with Gasteiger partial charge in [-0.2, -0.15) is 4.31 Å². The number of likely N-dealkylation sites (N-methyl/N-ethyl adjacent to an activating group) is 1. The fourth-order valence-electron chi connectivity index (χ4n) is 3.94. The predicted octanol–water partition coefficient (Wildman–Crippen LogP) is 1.78. The van der Waals surface area contributed by atoms with Crippen LogP contribution in [0.2, 0.25) is 0 Å². The molecule has 2 saturated heterocycles. The number of hydrogen-bond donors (Lipinski definition) is 0. The maximum atomic E-state index is 13.4. The molecule has 0 saturated carbocycles. The molecule has 2 fully saturated rings. The molecule has 0 aliphatic carbocycles. The van der Waals surface area contributed by atoms with E-state index < -0.39 is 15.6 Å². The summed E-state index contributed by atoms with van der Waals surface area (Å²) >= 11 is 0. The summed E-state index contributed by atoms with van der Waals surface area (Å²) in [7, 11) is -0.597. The molecule has 0 bridgehead atoms. The van der Waals surface area contributed by atoms with Gasteiger partial charge in [0.25, 0.3) is 0 Å². The summed E-state index contributed by atoms with van der Waals surface area (Å²) in [6, 6.07) is 5.11. The number of rotatable bonds is 3. The van der Waals surface area contributed by atoms with Crippen LogP contribution >= 0.6 is 0 Å². The Hall–Kier alpha value is -1.60. The lowest BCUT2D eigenvalue weighted by molar-refractivity contribution is -0.142. The van der Waals surface area contributed by atoms with Crippen molar-refractivity contribution in [3.8, 4) is 5.75 Å². The Morgan fingerprint density at radius 1 is 1.17 bits per heavy atom. The van der Waals surface area contributed by atoms with Crippen molar-refractivity contribution in [2.24, 2.45) is 0 Å². The molecule has 2 heterocycles. The van der Waals surface area contributed by atoms with Crippen molar-refractivity contribution < 1.29 is 17.9 Å². The summed E-state index contributed by atoms with van der Waals surface area (Å²) in [6.45, 7) is 2.90. The van der Waals surface area contributed by atoms with Gasteiger partial charge in [-0.15, -0.1) is 0 Å². The highest BCUT2D eigenvalue weighted by molar-refractivity contribution is 7.89. The topological polar surface area (TPSA) is 66.9 Å². The van der Waals surface area contributed by atoms with E-state index in [1.807, 2.05) is 13.0 Å². The molecule has 1 amide bonds. The fourth-order valence-corrected chi connectivity index (χ4v) is 6.01. The van der Waals surface area contributed by atoms with E-state index in [0.717, 1.165) is 12.0 Å². The molecule has 3 rings (SSSR count). The van der Waals surface area contributed by atoms with E-state index in [0.29, 0.717) is 38.1 Å². The van der Waals surface area contributed by atoms with Gasteiger partial charge in [-0.3, -0.25) is 4.79 Å². The van der Waals surface area contributed by atoms with Crippen LogP contribution in [-0.4, -0.2) is 56.3 Å². The molecule has 0 aromatic heterocycles. The number of methoxy groups -OCH3 is 1. The van der Waals surface area contributed by atoms with Crippen molar-refractivity contribution in [3.05, 3.63) is 23.8 Å². The van der Waals surface area contributed by atoms with Gasteiger partial charge in [0, 0.05) is 20.1 Å². The Kier molecular flexibility index (Phi) is 4.34. The third-order valence-electron chi connectivity index (χ3n) is 5.14. The number of benzene rings is 1. The second-order valence-electron chi connectivity index (χ2n) is 6.70. The zero-order valence-electron chi connectivity index (χ0n) is 14.4. The van der Waals surface area contributed by atoms with Gasteiger partial charge in [-0.25, -0.2) is 8.42 Å². The zero-order chi connectivity index (χ0) is 17.5. The molecule has 2 aliphatic rings. The van der Waals surface area contributed by atoms with Crippen LogP contribution in [0.5, 0.6) is 5.75 Å². The van der Waals surface area contributed by atoms with Gasteiger partial charge in [-0.1, -0.05) is 6.07 Å². The van der Waals surface area contributed by atoms with Crippen LogP contribution in [0.25, 0.3) is 0 Å². The number of piperidine rings is 1. The molecule has 1 atom stereocenters. The van der Waals surface area contributed by atoms with Crippen molar-refractivity contribution >= 4 is 15.9 Å². The maximum Gasteiger partial charge on any atom is 0.247 e. The summed E-state index contributed by atoms with van der Waals surface area (Å²) in [5.41, 5.74) is -0.0876. The Bertz CT molecular complexity index is 762. The van der Waals surface area contributed by atoms with Crippen LogP contribution in [0.15, 0.2) is 23.1 Å². The number of amides is 1. The van der Waals surface area contributed by atoms with Gasteiger partial charge in [0.1, 0.15) is 16.2 Å². The minimum absolute atomic E-state index is 0.0820. The first kappa shape index (κ1) is 17.2. The van der Waals surface area contributed by atoms with Crippen molar-refractivity contribution in [1.29, 1.82) is 0 Å². The molecule has 24 heavy (non-hydrogen) atoms. The molecule has 1 aromatic rings. The largest absolute Gasteiger partial charge is 0.495 e. The fraction of sp³-hybridized carbons (Fsp3) is 0.588.